The first-order valence-corrected chi connectivity index (χ1v) is 4.89. The van der Waals surface area contributed by atoms with Gasteiger partial charge >= 0.3 is 6.09 Å². The van der Waals surface area contributed by atoms with Crippen LogP contribution in [0.5, 0.6) is 0 Å². The van der Waals surface area contributed by atoms with Crippen LogP contribution >= 0.6 is 0 Å². The maximum absolute atomic E-state index is 11.1. The summed E-state index contributed by atoms with van der Waals surface area (Å²) in [4.78, 5) is 11.1. The average molecular weight is 203 g/mol. The fourth-order valence-corrected chi connectivity index (χ4v) is 0.864. The lowest BCUT2D eigenvalue weighted by Gasteiger charge is -2.19. The third kappa shape index (κ3) is 7.86. The van der Waals surface area contributed by atoms with Gasteiger partial charge in [0.1, 0.15) is 5.60 Å². The molecular weight excluding hydrogens is 182 g/mol. The Kier molecular flexibility index (Phi) is 5.53. The number of hydrogen-bond donors (Lipinski definition) is 2. The van der Waals surface area contributed by atoms with E-state index in [4.69, 9.17) is 9.84 Å². The second-order valence-electron chi connectivity index (χ2n) is 4.33. The van der Waals surface area contributed by atoms with Crippen LogP contribution in [0.3, 0.4) is 0 Å². The van der Waals surface area contributed by atoms with E-state index in [1.54, 1.807) is 0 Å². The molecule has 1 fully saturated rings. The van der Waals surface area contributed by atoms with Gasteiger partial charge in [0.2, 0.25) is 0 Å². The fraction of sp³-hybridized carbons (Fsp3) is 0.900. The molecule has 0 aromatic heterocycles. The number of aliphatic hydroxyl groups excluding tert-OH is 1. The van der Waals surface area contributed by atoms with E-state index in [0.29, 0.717) is 5.92 Å². The van der Waals surface area contributed by atoms with E-state index < -0.39 is 0 Å². The molecule has 0 aliphatic heterocycles. The second kappa shape index (κ2) is 5.86. The van der Waals surface area contributed by atoms with Gasteiger partial charge < -0.3 is 15.2 Å². The number of carbonyl (C=O) groups excluding carboxylic acids is 1. The van der Waals surface area contributed by atoms with E-state index in [0.717, 1.165) is 13.7 Å². The molecule has 0 bridgehead atoms. The lowest BCUT2D eigenvalue weighted by Crippen LogP contribution is -2.33. The highest BCUT2D eigenvalue weighted by Gasteiger charge is 2.23. The highest BCUT2D eigenvalue weighted by Crippen LogP contribution is 2.27. The molecule has 1 saturated carbocycles. The number of carbonyl (C=O) groups is 1. The van der Waals surface area contributed by atoms with E-state index in [1.165, 1.54) is 12.8 Å². The van der Waals surface area contributed by atoms with Crippen molar-refractivity contribution in [2.24, 2.45) is 5.92 Å². The smallest absolute Gasteiger partial charge is 0.407 e. The van der Waals surface area contributed by atoms with Crippen molar-refractivity contribution in [3.8, 4) is 0 Å². The van der Waals surface area contributed by atoms with Crippen LogP contribution in [0.2, 0.25) is 0 Å². The molecule has 14 heavy (non-hydrogen) atoms. The molecule has 0 aromatic carbocycles. The molecule has 0 heterocycles. The molecule has 1 aliphatic rings. The van der Waals surface area contributed by atoms with Gasteiger partial charge in [-0.1, -0.05) is 0 Å². The molecule has 4 nitrogen and oxygen atoms in total. The summed E-state index contributed by atoms with van der Waals surface area (Å²) < 4.78 is 5.07. The topological polar surface area (TPSA) is 58.6 Å². The van der Waals surface area contributed by atoms with Crippen LogP contribution in [0.25, 0.3) is 0 Å². The minimum absolute atomic E-state index is 0.297. The van der Waals surface area contributed by atoms with Gasteiger partial charge in [0.15, 0.2) is 0 Å². The van der Waals surface area contributed by atoms with Crippen molar-refractivity contribution in [2.45, 2.75) is 39.2 Å². The van der Waals surface area contributed by atoms with Crippen molar-refractivity contribution in [3.63, 3.8) is 0 Å². The minimum Gasteiger partial charge on any atom is -0.444 e. The molecular formula is C10H21NO3. The quantitative estimate of drug-likeness (QED) is 0.715. The molecule has 0 saturated heterocycles. The summed E-state index contributed by atoms with van der Waals surface area (Å²) in [6.07, 6.45) is 2.19. The lowest BCUT2D eigenvalue weighted by molar-refractivity contribution is 0.0525. The normalized spacial score (nSPS) is 15.2. The maximum atomic E-state index is 11.1. The number of amides is 1. The van der Waals surface area contributed by atoms with Gasteiger partial charge in [-0.25, -0.2) is 4.79 Å². The Balaban J connectivity index is 0.000000791. The summed E-state index contributed by atoms with van der Waals surface area (Å²) in [7, 11) is 1.00. The van der Waals surface area contributed by atoms with Gasteiger partial charge in [-0.2, -0.15) is 0 Å². The van der Waals surface area contributed by atoms with E-state index in [9.17, 15) is 4.79 Å². The third-order valence-electron chi connectivity index (χ3n) is 1.63. The fourth-order valence-electron chi connectivity index (χ4n) is 0.864. The van der Waals surface area contributed by atoms with Gasteiger partial charge in [0.25, 0.3) is 0 Å². The van der Waals surface area contributed by atoms with E-state index >= 15 is 0 Å². The number of alkyl carbamates (subject to hydrolysis) is 1. The van der Waals surface area contributed by atoms with Crippen LogP contribution in [0, 0.1) is 5.92 Å². The van der Waals surface area contributed by atoms with Crippen molar-refractivity contribution in [1.82, 2.24) is 5.32 Å². The highest BCUT2D eigenvalue weighted by molar-refractivity contribution is 5.67. The molecule has 2 N–H and O–H groups in total. The summed E-state index contributed by atoms with van der Waals surface area (Å²) in [5, 5.41) is 9.74. The zero-order chi connectivity index (χ0) is 11.2. The van der Waals surface area contributed by atoms with Gasteiger partial charge in [0, 0.05) is 13.7 Å². The predicted molar refractivity (Wildman–Crippen MR) is 55.1 cm³/mol. The molecule has 1 amide bonds. The standard InChI is InChI=1S/C9H17NO2.CH4O/c1-9(2,3)12-8(11)10-6-7-4-5-7;1-2/h7H,4-6H2,1-3H3,(H,10,11);2H,1H3. The van der Waals surface area contributed by atoms with Crippen molar-refractivity contribution in [1.29, 1.82) is 0 Å². The van der Waals surface area contributed by atoms with Gasteiger partial charge in [-0.15, -0.1) is 0 Å². The van der Waals surface area contributed by atoms with Crippen LogP contribution in [0.1, 0.15) is 33.6 Å². The SMILES string of the molecule is CC(C)(C)OC(=O)NCC1CC1.CO. The van der Waals surface area contributed by atoms with Crippen LogP contribution in [-0.2, 0) is 4.74 Å². The first-order valence-electron chi connectivity index (χ1n) is 4.89. The van der Waals surface area contributed by atoms with Crippen LogP contribution < -0.4 is 5.32 Å². The second-order valence-corrected chi connectivity index (χ2v) is 4.33. The molecule has 0 aromatic rings. The number of nitrogens with one attached hydrogen (secondary N) is 1. The summed E-state index contributed by atoms with van der Waals surface area (Å²) in [5.41, 5.74) is -0.381. The summed E-state index contributed by atoms with van der Waals surface area (Å²) >= 11 is 0. The zero-order valence-electron chi connectivity index (χ0n) is 9.46. The first kappa shape index (κ1) is 13.2. The molecule has 1 rings (SSSR count). The minimum atomic E-state index is -0.381. The third-order valence-corrected chi connectivity index (χ3v) is 1.63. The molecule has 0 atom stereocenters. The van der Waals surface area contributed by atoms with E-state index in [-0.39, 0.29) is 11.7 Å². The lowest BCUT2D eigenvalue weighted by atomic mass is 10.2. The van der Waals surface area contributed by atoms with Gasteiger partial charge in [-0.05, 0) is 39.5 Å². The first-order chi connectivity index (χ1) is 6.47. The molecule has 0 unspecified atom stereocenters. The Labute approximate surface area is 85.6 Å². The Bertz CT molecular complexity index is 171. The van der Waals surface area contributed by atoms with Crippen molar-refractivity contribution < 1.29 is 14.6 Å². The van der Waals surface area contributed by atoms with Gasteiger partial charge in [0.05, 0.1) is 0 Å². The Hall–Kier alpha value is -0.770. The number of rotatable bonds is 2. The molecule has 84 valence electrons. The molecule has 4 heteroatoms. The Morgan fingerprint density at radius 1 is 1.43 bits per heavy atom. The van der Waals surface area contributed by atoms with Crippen LogP contribution in [0.15, 0.2) is 0 Å². The monoisotopic (exact) mass is 203 g/mol. The zero-order valence-corrected chi connectivity index (χ0v) is 9.46. The number of ether oxygens (including phenoxy) is 1. The van der Waals surface area contributed by atoms with E-state index in [2.05, 4.69) is 5.32 Å². The molecule has 0 spiro atoms. The average Bonchev–Trinajstić information content (AvgIpc) is 2.84. The maximum Gasteiger partial charge on any atom is 0.407 e. The Morgan fingerprint density at radius 3 is 2.29 bits per heavy atom. The highest BCUT2D eigenvalue weighted by atomic mass is 16.6. The van der Waals surface area contributed by atoms with Crippen molar-refractivity contribution in [2.75, 3.05) is 13.7 Å². The van der Waals surface area contributed by atoms with Crippen molar-refractivity contribution >= 4 is 6.09 Å². The largest absolute Gasteiger partial charge is 0.444 e. The van der Waals surface area contributed by atoms with Crippen LogP contribution in [0.4, 0.5) is 4.79 Å². The van der Waals surface area contributed by atoms with Gasteiger partial charge in [-0.3, -0.25) is 0 Å². The van der Waals surface area contributed by atoms with Crippen LogP contribution in [-0.4, -0.2) is 30.5 Å². The predicted octanol–water partition coefficient (Wildman–Crippen LogP) is 1.53. The number of hydrogen-bond acceptors (Lipinski definition) is 3. The number of aliphatic hydroxyl groups is 1. The summed E-state index contributed by atoms with van der Waals surface area (Å²) in [5.74, 6) is 0.706. The van der Waals surface area contributed by atoms with Crippen molar-refractivity contribution in [3.05, 3.63) is 0 Å². The summed E-state index contributed by atoms with van der Waals surface area (Å²) in [6.45, 7) is 6.37. The summed E-state index contributed by atoms with van der Waals surface area (Å²) in [6, 6.07) is 0. The van der Waals surface area contributed by atoms with E-state index in [1.807, 2.05) is 20.8 Å². The molecule has 1 aliphatic carbocycles. The Morgan fingerprint density at radius 2 is 1.93 bits per heavy atom. The molecule has 0 radical (unpaired) electrons.